The smallest absolute Gasteiger partial charge is 0.256 e. The van der Waals surface area contributed by atoms with Gasteiger partial charge in [0.15, 0.2) is 0 Å². The molecule has 0 bridgehead atoms. The third kappa shape index (κ3) is 2.18. The maximum atomic E-state index is 12.9. The molecule has 0 aliphatic rings. The first-order chi connectivity index (χ1) is 10.1. The molecule has 0 aliphatic carbocycles. The molecule has 0 fully saturated rings. The number of halogens is 1. The molecule has 106 valence electrons. The van der Waals surface area contributed by atoms with E-state index in [2.05, 4.69) is 10.1 Å². The lowest BCUT2D eigenvalue weighted by Crippen LogP contribution is -2.11. The van der Waals surface area contributed by atoms with Gasteiger partial charge in [-0.05, 0) is 29.8 Å². The third-order valence-corrected chi connectivity index (χ3v) is 3.10. The van der Waals surface area contributed by atoms with Crippen LogP contribution in [-0.2, 0) is 0 Å². The number of hydrogen-bond donors (Lipinski definition) is 1. The van der Waals surface area contributed by atoms with E-state index < -0.39 is 11.9 Å². The van der Waals surface area contributed by atoms with Gasteiger partial charge in [0.2, 0.25) is 11.8 Å². The Hall–Kier alpha value is -2.96. The van der Waals surface area contributed by atoms with E-state index in [9.17, 15) is 9.18 Å². The van der Waals surface area contributed by atoms with Gasteiger partial charge in [0.25, 0.3) is 5.91 Å². The third-order valence-electron chi connectivity index (χ3n) is 3.10. The largest absolute Gasteiger partial charge is 0.479 e. The van der Waals surface area contributed by atoms with Crippen molar-refractivity contribution in [2.24, 2.45) is 5.73 Å². The minimum atomic E-state index is -0.628. The Labute approximate surface area is 119 Å². The van der Waals surface area contributed by atoms with Crippen molar-refractivity contribution in [1.82, 2.24) is 14.6 Å². The molecule has 3 heterocycles. The van der Waals surface area contributed by atoms with Crippen LogP contribution in [0, 0.1) is 5.95 Å². The molecular weight excluding hydrogens is 275 g/mol. The topological polar surface area (TPSA) is 82.5 Å². The van der Waals surface area contributed by atoms with Gasteiger partial charge in [-0.1, -0.05) is 0 Å². The van der Waals surface area contributed by atoms with Gasteiger partial charge in [0, 0.05) is 18.0 Å². The van der Waals surface area contributed by atoms with Crippen LogP contribution in [-0.4, -0.2) is 27.6 Å². The first-order valence-electron chi connectivity index (χ1n) is 6.08. The summed E-state index contributed by atoms with van der Waals surface area (Å²) in [6, 6.07) is 6.38. The number of ether oxygens (including phenoxy) is 1. The Bertz CT molecular complexity index is 827. The van der Waals surface area contributed by atoms with Crippen molar-refractivity contribution in [3.63, 3.8) is 0 Å². The average molecular weight is 286 g/mol. The minimum Gasteiger partial charge on any atom is -0.479 e. The van der Waals surface area contributed by atoms with Crippen LogP contribution in [0.1, 0.15) is 10.4 Å². The fourth-order valence-corrected chi connectivity index (χ4v) is 2.12. The molecule has 0 unspecified atom stereocenters. The summed E-state index contributed by atoms with van der Waals surface area (Å²) in [6.45, 7) is 0. The summed E-state index contributed by atoms with van der Waals surface area (Å²) >= 11 is 0. The van der Waals surface area contributed by atoms with Crippen molar-refractivity contribution in [2.75, 3.05) is 7.11 Å². The standard InChI is InChI=1S/C14H11FN4O2/c1-21-14-12(13(16)20)10-6-8(4-5-19(10)18-14)9-2-3-11(15)17-7-9/h2-7H,1H3,(H2,16,20). The second-order valence-electron chi connectivity index (χ2n) is 4.36. The van der Waals surface area contributed by atoms with Gasteiger partial charge in [-0.3, -0.25) is 4.79 Å². The predicted molar refractivity (Wildman–Crippen MR) is 73.5 cm³/mol. The molecule has 7 heteroatoms. The van der Waals surface area contributed by atoms with Crippen molar-refractivity contribution in [3.05, 3.63) is 48.2 Å². The highest BCUT2D eigenvalue weighted by atomic mass is 19.1. The van der Waals surface area contributed by atoms with Crippen LogP contribution in [0.15, 0.2) is 36.7 Å². The van der Waals surface area contributed by atoms with Gasteiger partial charge < -0.3 is 10.5 Å². The fraction of sp³-hybridized carbons (Fsp3) is 0.0714. The maximum Gasteiger partial charge on any atom is 0.256 e. The molecule has 0 aliphatic heterocycles. The number of hydrogen-bond acceptors (Lipinski definition) is 4. The molecule has 0 atom stereocenters. The molecule has 0 radical (unpaired) electrons. The fourth-order valence-electron chi connectivity index (χ4n) is 2.12. The Morgan fingerprint density at radius 1 is 1.33 bits per heavy atom. The van der Waals surface area contributed by atoms with E-state index in [1.54, 1.807) is 24.4 Å². The number of amides is 1. The van der Waals surface area contributed by atoms with Crippen LogP contribution in [0.4, 0.5) is 4.39 Å². The van der Waals surface area contributed by atoms with Gasteiger partial charge in [-0.2, -0.15) is 4.39 Å². The lowest BCUT2D eigenvalue weighted by Gasteiger charge is -2.02. The van der Waals surface area contributed by atoms with Gasteiger partial charge in [-0.25, -0.2) is 9.50 Å². The number of rotatable bonds is 3. The normalized spacial score (nSPS) is 10.8. The summed E-state index contributed by atoms with van der Waals surface area (Å²) in [5, 5.41) is 4.12. The van der Waals surface area contributed by atoms with Gasteiger partial charge in [0.05, 0.1) is 12.6 Å². The van der Waals surface area contributed by atoms with Gasteiger partial charge in [0.1, 0.15) is 5.56 Å². The van der Waals surface area contributed by atoms with Crippen LogP contribution >= 0.6 is 0 Å². The Kier molecular flexibility index (Phi) is 3.02. The highest BCUT2D eigenvalue weighted by Crippen LogP contribution is 2.26. The zero-order valence-corrected chi connectivity index (χ0v) is 11.1. The second kappa shape index (κ2) is 4.86. The summed E-state index contributed by atoms with van der Waals surface area (Å²) < 4.78 is 19.4. The number of primary amides is 1. The Morgan fingerprint density at radius 2 is 2.14 bits per heavy atom. The number of fused-ring (bicyclic) bond motifs is 1. The first-order valence-corrected chi connectivity index (χ1v) is 6.08. The van der Waals surface area contributed by atoms with Gasteiger partial charge >= 0.3 is 0 Å². The summed E-state index contributed by atoms with van der Waals surface area (Å²) in [5.41, 5.74) is 7.57. The van der Waals surface area contributed by atoms with Crippen LogP contribution < -0.4 is 10.5 Å². The number of carbonyl (C=O) groups excluding carboxylic acids is 1. The summed E-state index contributed by atoms with van der Waals surface area (Å²) in [6.07, 6.45) is 3.09. The van der Waals surface area contributed by atoms with Crippen LogP contribution in [0.25, 0.3) is 16.6 Å². The minimum absolute atomic E-state index is 0.164. The molecule has 0 saturated heterocycles. The first kappa shape index (κ1) is 13.0. The molecular formula is C14H11FN4O2. The number of pyridine rings is 2. The van der Waals surface area contributed by atoms with Crippen molar-refractivity contribution in [1.29, 1.82) is 0 Å². The van der Waals surface area contributed by atoms with E-state index in [0.29, 0.717) is 5.52 Å². The Balaban J connectivity index is 2.21. The maximum absolute atomic E-state index is 12.9. The van der Waals surface area contributed by atoms with E-state index >= 15 is 0 Å². The van der Waals surface area contributed by atoms with Crippen molar-refractivity contribution in [3.8, 4) is 17.0 Å². The molecule has 0 spiro atoms. The summed E-state index contributed by atoms with van der Waals surface area (Å²) in [5.74, 6) is -1.02. The lowest BCUT2D eigenvalue weighted by atomic mass is 10.1. The van der Waals surface area contributed by atoms with Crippen molar-refractivity contribution < 1.29 is 13.9 Å². The zero-order valence-electron chi connectivity index (χ0n) is 11.1. The lowest BCUT2D eigenvalue weighted by molar-refractivity contribution is 0.0999. The molecule has 0 aromatic carbocycles. The summed E-state index contributed by atoms with van der Waals surface area (Å²) in [7, 11) is 1.42. The van der Waals surface area contributed by atoms with Crippen molar-refractivity contribution in [2.45, 2.75) is 0 Å². The molecule has 2 N–H and O–H groups in total. The van der Waals surface area contributed by atoms with Crippen LogP contribution in [0.3, 0.4) is 0 Å². The van der Waals surface area contributed by atoms with Crippen LogP contribution in [0.2, 0.25) is 0 Å². The van der Waals surface area contributed by atoms with E-state index in [4.69, 9.17) is 10.5 Å². The number of aromatic nitrogens is 3. The Morgan fingerprint density at radius 3 is 2.76 bits per heavy atom. The number of nitrogens with zero attached hydrogens (tertiary/aromatic N) is 3. The quantitative estimate of drug-likeness (QED) is 0.742. The highest BCUT2D eigenvalue weighted by molar-refractivity contribution is 6.02. The molecule has 6 nitrogen and oxygen atoms in total. The monoisotopic (exact) mass is 286 g/mol. The zero-order chi connectivity index (χ0) is 15.0. The van der Waals surface area contributed by atoms with E-state index in [1.165, 1.54) is 23.9 Å². The summed E-state index contributed by atoms with van der Waals surface area (Å²) in [4.78, 5) is 15.2. The molecule has 21 heavy (non-hydrogen) atoms. The molecule has 3 aromatic rings. The van der Waals surface area contributed by atoms with Crippen LogP contribution in [0.5, 0.6) is 5.88 Å². The highest BCUT2D eigenvalue weighted by Gasteiger charge is 2.18. The van der Waals surface area contributed by atoms with E-state index in [-0.39, 0.29) is 11.4 Å². The molecule has 0 saturated carbocycles. The molecule has 1 amide bonds. The second-order valence-corrected chi connectivity index (χ2v) is 4.36. The molecule has 3 aromatic heterocycles. The van der Waals surface area contributed by atoms with E-state index in [0.717, 1.165) is 11.1 Å². The molecule has 3 rings (SSSR count). The van der Waals surface area contributed by atoms with Crippen molar-refractivity contribution >= 4 is 11.4 Å². The SMILES string of the molecule is COc1nn2ccc(-c3ccc(F)nc3)cc2c1C(N)=O. The average Bonchev–Trinajstić information content (AvgIpc) is 2.85. The number of nitrogens with two attached hydrogens (primary N) is 1. The van der Waals surface area contributed by atoms with E-state index in [1.807, 2.05) is 0 Å². The predicted octanol–water partition coefficient (Wildman–Crippen LogP) is 1.64. The number of methoxy groups -OCH3 is 1. The number of carbonyl (C=O) groups is 1. The van der Waals surface area contributed by atoms with Gasteiger partial charge in [-0.15, -0.1) is 5.10 Å².